The molecule has 3 rings (SSSR count). The Bertz CT molecular complexity index is 578. The molecule has 0 bridgehead atoms. The Morgan fingerprint density at radius 3 is 2.81 bits per heavy atom. The van der Waals surface area contributed by atoms with Crippen molar-refractivity contribution in [1.82, 2.24) is 5.32 Å². The van der Waals surface area contributed by atoms with Crippen molar-refractivity contribution in [3.05, 3.63) is 36.1 Å². The lowest BCUT2D eigenvalue weighted by Gasteiger charge is -2.30. The van der Waals surface area contributed by atoms with Gasteiger partial charge < -0.3 is 15.5 Å². The van der Waals surface area contributed by atoms with Crippen LogP contribution in [0.2, 0.25) is 0 Å². The summed E-state index contributed by atoms with van der Waals surface area (Å²) in [6.45, 7) is 0.630. The van der Waals surface area contributed by atoms with E-state index in [0.29, 0.717) is 18.2 Å². The summed E-state index contributed by atoms with van der Waals surface area (Å²) in [6, 6.07) is 9.62. The zero-order valence-electron chi connectivity index (χ0n) is 11.9. The number of nitrogens with two attached hydrogens (primary N) is 1. The zero-order chi connectivity index (χ0) is 13.9. The van der Waals surface area contributed by atoms with Gasteiger partial charge in [-0.25, -0.2) is 0 Å². The molecule has 1 amide bonds. The Hall–Kier alpha value is -1.52. The normalized spacial score (nSPS) is 21.8. The van der Waals surface area contributed by atoms with Crippen LogP contribution in [0.4, 0.5) is 0 Å². The van der Waals surface area contributed by atoms with Crippen LogP contribution < -0.4 is 11.1 Å². The van der Waals surface area contributed by atoms with Crippen LogP contribution >= 0.6 is 12.4 Å². The minimum Gasteiger partial charge on any atom is -0.451 e. The Kier molecular flexibility index (Phi) is 5.26. The highest BCUT2D eigenvalue weighted by Gasteiger charge is 2.26. The summed E-state index contributed by atoms with van der Waals surface area (Å²) in [4.78, 5) is 12.3. The lowest BCUT2D eigenvalue weighted by Crippen LogP contribution is -2.44. The SMILES string of the molecule is Cl.NCC1CCCCC1NC(=O)c1cc2ccccc2o1. The van der Waals surface area contributed by atoms with Crippen LogP contribution in [0.5, 0.6) is 0 Å². The Morgan fingerprint density at radius 1 is 1.29 bits per heavy atom. The number of carbonyl (C=O) groups excluding carboxylic acids is 1. The van der Waals surface area contributed by atoms with Crippen LogP contribution in [0.25, 0.3) is 11.0 Å². The average Bonchev–Trinajstić information content (AvgIpc) is 2.92. The second-order valence-electron chi connectivity index (χ2n) is 5.51. The van der Waals surface area contributed by atoms with Crippen molar-refractivity contribution in [2.24, 2.45) is 11.7 Å². The second-order valence-corrected chi connectivity index (χ2v) is 5.51. The Labute approximate surface area is 130 Å². The van der Waals surface area contributed by atoms with Gasteiger partial charge >= 0.3 is 0 Å². The highest BCUT2D eigenvalue weighted by atomic mass is 35.5. The first kappa shape index (κ1) is 15.9. The molecular formula is C16H21ClN2O2. The van der Waals surface area contributed by atoms with Gasteiger partial charge in [0, 0.05) is 11.4 Å². The molecule has 2 aromatic rings. The van der Waals surface area contributed by atoms with E-state index < -0.39 is 0 Å². The van der Waals surface area contributed by atoms with Gasteiger partial charge in [-0.15, -0.1) is 12.4 Å². The molecule has 1 aliphatic rings. The second kappa shape index (κ2) is 6.96. The fourth-order valence-electron chi connectivity index (χ4n) is 3.01. The van der Waals surface area contributed by atoms with Crippen molar-refractivity contribution >= 4 is 29.3 Å². The van der Waals surface area contributed by atoms with Gasteiger partial charge in [-0.2, -0.15) is 0 Å². The first-order chi connectivity index (χ1) is 9.78. The smallest absolute Gasteiger partial charge is 0.287 e. The third-order valence-corrected chi connectivity index (χ3v) is 4.18. The zero-order valence-corrected chi connectivity index (χ0v) is 12.7. The number of furan rings is 1. The summed E-state index contributed by atoms with van der Waals surface area (Å²) in [5.41, 5.74) is 6.54. The van der Waals surface area contributed by atoms with Crippen LogP contribution in [0.1, 0.15) is 36.2 Å². The van der Waals surface area contributed by atoms with Crippen LogP contribution in [0.3, 0.4) is 0 Å². The number of para-hydroxylation sites is 1. The topological polar surface area (TPSA) is 68.3 Å². The molecule has 1 aromatic carbocycles. The summed E-state index contributed by atoms with van der Waals surface area (Å²) < 4.78 is 5.60. The van der Waals surface area contributed by atoms with Gasteiger partial charge in [0.25, 0.3) is 5.91 Å². The minimum absolute atomic E-state index is 0. The molecule has 0 radical (unpaired) electrons. The van der Waals surface area contributed by atoms with Gasteiger partial charge in [-0.05, 0) is 37.4 Å². The standard InChI is InChI=1S/C16H20N2O2.ClH/c17-10-12-6-1-3-7-13(12)18-16(19)15-9-11-5-2-4-8-14(11)20-15;/h2,4-5,8-9,12-13H,1,3,6-7,10,17H2,(H,18,19);1H. The molecule has 21 heavy (non-hydrogen) atoms. The van der Waals surface area contributed by atoms with E-state index in [1.165, 1.54) is 6.42 Å². The van der Waals surface area contributed by atoms with E-state index in [4.69, 9.17) is 10.2 Å². The highest BCUT2D eigenvalue weighted by Crippen LogP contribution is 2.24. The molecule has 1 fully saturated rings. The van der Waals surface area contributed by atoms with E-state index in [1.807, 2.05) is 24.3 Å². The van der Waals surface area contributed by atoms with Crippen LogP contribution in [-0.2, 0) is 0 Å². The molecule has 0 aliphatic heterocycles. The van der Waals surface area contributed by atoms with E-state index in [1.54, 1.807) is 6.07 Å². The summed E-state index contributed by atoms with van der Waals surface area (Å²) in [7, 11) is 0. The van der Waals surface area contributed by atoms with Crippen molar-refractivity contribution in [1.29, 1.82) is 0 Å². The maximum Gasteiger partial charge on any atom is 0.287 e. The lowest BCUT2D eigenvalue weighted by atomic mass is 9.84. The van der Waals surface area contributed by atoms with Crippen molar-refractivity contribution in [3.63, 3.8) is 0 Å². The molecule has 114 valence electrons. The average molecular weight is 309 g/mol. The van der Waals surface area contributed by atoms with Crippen molar-refractivity contribution < 1.29 is 9.21 Å². The molecule has 5 heteroatoms. The van der Waals surface area contributed by atoms with Crippen molar-refractivity contribution in [2.45, 2.75) is 31.7 Å². The number of carbonyl (C=O) groups is 1. The first-order valence-corrected chi connectivity index (χ1v) is 7.27. The van der Waals surface area contributed by atoms with Crippen LogP contribution in [-0.4, -0.2) is 18.5 Å². The quantitative estimate of drug-likeness (QED) is 0.915. The lowest BCUT2D eigenvalue weighted by molar-refractivity contribution is 0.0882. The van der Waals surface area contributed by atoms with Gasteiger partial charge in [0.15, 0.2) is 5.76 Å². The van der Waals surface area contributed by atoms with E-state index >= 15 is 0 Å². The highest BCUT2D eigenvalue weighted by molar-refractivity contribution is 5.96. The van der Waals surface area contributed by atoms with E-state index in [0.717, 1.165) is 30.2 Å². The third-order valence-electron chi connectivity index (χ3n) is 4.18. The molecule has 1 aromatic heterocycles. The van der Waals surface area contributed by atoms with E-state index in [-0.39, 0.29) is 24.4 Å². The van der Waals surface area contributed by atoms with Gasteiger partial charge in [0.05, 0.1) is 0 Å². The van der Waals surface area contributed by atoms with Crippen molar-refractivity contribution in [3.8, 4) is 0 Å². The molecule has 1 saturated carbocycles. The fraction of sp³-hybridized carbons (Fsp3) is 0.438. The number of nitrogens with one attached hydrogen (secondary N) is 1. The van der Waals surface area contributed by atoms with E-state index in [2.05, 4.69) is 5.32 Å². The summed E-state index contributed by atoms with van der Waals surface area (Å²) in [5.74, 6) is 0.635. The molecule has 0 spiro atoms. The number of amides is 1. The molecule has 1 aliphatic carbocycles. The first-order valence-electron chi connectivity index (χ1n) is 7.27. The third kappa shape index (κ3) is 3.39. The molecule has 1 heterocycles. The number of fused-ring (bicyclic) bond motifs is 1. The Morgan fingerprint density at radius 2 is 2.05 bits per heavy atom. The van der Waals surface area contributed by atoms with Gasteiger partial charge in [-0.1, -0.05) is 31.0 Å². The summed E-state index contributed by atoms with van der Waals surface area (Å²) in [6.07, 6.45) is 4.47. The number of rotatable bonds is 3. The number of benzene rings is 1. The molecule has 3 N–H and O–H groups in total. The largest absolute Gasteiger partial charge is 0.451 e. The maximum atomic E-state index is 12.3. The Balaban J connectivity index is 0.00000161. The predicted molar refractivity (Wildman–Crippen MR) is 85.7 cm³/mol. The maximum absolute atomic E-state index is 12.3. The molecule has 0 saturated heterocycles. The van der Waals surface area contributed by atoms with Crippen LogP contribution in [0, 0.1) is 5.92 Å². The fourth-order valence-corrected chi connectivity index (χ4v) is 3.01. The van der Waals surface area contributed by atoms with E-state index in [9.17, 15) is 4.79 Å². The predicted octanol–water partition coefficient (Wildman–Crippen LogP) is 3.10. The molecular weight excluding hydrogens is 288 g/mol. The minimum atomic E-state index is -0.133. The van der Waals surface area contributed by atoms with Crippen LogP contribution in [0.15, 0.2) is 34.7 Å². The monoisotopic (exact) mass is 308 g/mol. The van der Waals surface area contributed by atoms with Gasteiger partial charge in [-0.3, -0.25) is 4.79 Å². The summed E-state index contributed by atoms with van der Waals surface area (Å²) in [5, 5.41) is 4.04. The van der Waals surface area contributed by atoms with Gasteiger partial charge in [0.2, 0.25) is 0 Å². The number of hydrogen-bond acceptors (Lipinski definition) is 3. The van der Waals surface area contributed by atoms with Crippen molar-refractivity contribution in [2.75, 3.05) is 6.54 Å². The number of halogens is 1. The molecule has 4 nitrogen and oxygen atoms in total. The number of hydrogen-bond donors (Lipinski definition) is 2. The van der Waals surface area contributed by atoms with Gasteiger partial charge in [0.1, 0.15) is 5.58 Å². The molecule has 2 unspecified atom stereocenters. The summed E-state index contributed by atoms with van der Waals surface area (Å²) >= 11 is 0. The molecule has 2 atom stereocenters.